The lowest BCUT2D eigenvalue weighted by atomic mass is 9.75. The summed E-state index contributed by atoms with van der Waals surface area (Å²) in [5, 5.41) is 20.9. The normalized spacial score (nSPS) is 31.3. The van der Waals surface area contributed by atoms with Crippen LogP contribution in [-0.4, -0.2) is 64.3 Å². The van der Waals surface area contributed by atoms with Gasteiger partial charge in [-0.05, 0) is 19.8 Å². The summed E-state index contributed by atoms with van der Waals surface area (Å²) in [5.74, 6) is 1.20. The topological polar surface area (TPSA) is 87.9 Å². The number of nitrogens with zero attached hydrogens (tertiary/aromatic N) is 3. The molecule has 2 N–H and O–H groups in total. The molecule has 0 radical (unpaired) electrons. The Hall–Kier alpha value is -1.44. The number of hydrogen-bond acceptors (Lipinski definition) is 7. The number of rotatable bonds is 2. The van der Waals surface area contributed by atoms with Crippen molar-refractivity contribution in [2.75, 3.05) is 31.7 Å². The molecule has 122 valence electrons. The van der Waals surface area contributed by atoms with Crippen LogP contribution in [0.4, 0.5) is 5.82 Å². The van der Waals surface area contributed by atoms with E-state index in [-0.39, 0.29) is 0 Å². The molecule has 3 rings (SSSR count). The van der Waals surface area contributed by atoms with Gasteiger partial charge < -0.3 is 24.6 Å². The van der Waals surface area contributed by atoms with Crippen LogP contribution in [0.15, 0.2) is 12.4 Å². The molecule has 2 aliphatic heterocycles. The smallest absolute Gasteiger partial charge is 0.257 e. The number of piperidine rings is 1. The monoisotopic (exact) mass is 309 g/mol. The van der Waals surface area contributed by atoms with Crippen LogP contribution in [0.25, 0.3) is 0 Å². The van der Waals surface area contributed by atoms with Gasteiger partial charge in [-0.3, -0.25) is 0 Å². The SMILES string of the molecule is COc1nccnc1N1CCC2(CC1)OCC[C@@](C)(O)[C@@H]2O. The molecule has 2 aliphatic rings. The highest BCUT2D eigenvalue weighted by Crippen LogP contribution is 2.41. The van der Waals surface area contributed by atoms with E-state index in [1.54, 1.807) is 26.4 Å². The van der Waals surface area contributed by atoms with Gasteiger partial charge in [-0.25, -0.2) is 9.97 Å². The van der Waals surface area contributed by atoms with Crippen molar-refractivity contribution in [3.05, 3.63) is 12.4 Å². The maximum atomic E-state index is 10.5. The van der Waals surface area contributed by atoms with E-state index in [0.29, 0.717) is 50.7 Å². The van der Waals surface area contributed by atoms with Gasteiger partial charge in [0.15, 0.2) is 5.82 Å². The molecule has 7 heteroatoms. The van der Waals surface area contributed by atoms with Gasteiger partial charge in [0.05, 0.1) is 19.3 Å². The molecule has 7 nitrogen and oxygen atoms in total. The number of ether oxygens (including phenoxy) is 2. The van der Waals surface area contributed by atoms with Gasteiger partial charge in [-0.15, -0.1) is 0 Å². The Labute approximate surface area is 129 Å². The molecule has 1 aromatic heterocycles. The van der Waals surface area contributed by atoms with E-state index in [2.05, 4.69) is 14.9 Å². The highest BCUT2D eigenvalue weighted by Gasteiger charge is 2.52. The van der Waals surface area contributed by atoms with Gasteiger partial charge in [-0.1, -0.05) is 0 Å². The molecule has 2 fully saturated rings. The summed E-state index contributed by atoms with van der Waals surface area (Å²) in [7, 11) is 1.57. The second-order valence-corrected chi connectivity index (χ2v) is 6.30. The van der Waals surface area contributed by atoms with Crippen molar-refractivity contribution in [3.8, 4) is 5.88 Å². The largest absolute Gasteiger partial charge is 0.478 e. The minimum Gasteiger partial charge on any atom is -0.478 e. The Morgan fingerprint density at radius 2 is 1.95 bits per heavy atom. The fourth-order valence-corrected chi connectivity index (χ4v) is 3.44. The zero-order valence-electron chi connectivity index (χ0n) is 13.0. The predicted molar refractivity (Wildman–Crippen MR) is 80.0 cm³/mol. The van der Waals surface area contributed by atoms with E-state index in [0.717, 1.165) is 0 Å². The van der Waals surface area contributed by atoms with E-state index in [4.69, 9.17) is 9.47 Å². The molecule has 1 aromatic rings. The molecule has 22 heavy (non-hydrogen) atoms. The minimum atomic E-state index is -1.09. The van der Waals surface area contributed by atoms with E-state index >= 15 is 0 Å². The number of aliphatic hydroxyl groups excluding tert-OH is 1. The lowest BCUT2D eigenvalue weighted by Crippen LogP contribution is -2.64. The van der Waals surface area contributed by atoms with Crippen LogP contribution < -0.4 is 9.64 Å². The molecule has 2 atom stereocenters. The molecule has 0 bridgehead atoms. The minimum absolute atomic E-state index is 0.456. The standard InChI is InChI=1S/C15H23N3O4/c1-14(20)5-10-22-15(13(14)19)3-8-18(9-4-15)11-12(21-2)17-7-6-16-11/h6-7,13,19-20H,3-5,8-10H2,1-2H3/t13-,14+/m0/s1. The third-order valence-electron chi connectivity index (χ3n) is 4.83. The highest BCUT2D eigenvalue weighted by atomic mass is 16.5. The highest BCUT2D eigenvalue weighted by molar-refractivity contribution is 5.48. The van der Waals surface area contributed by atoms with Gasteiger partial charge >= 0.3 is 0 Å². The van der Waals surface area contributed by atoms with Crippen molar-refractivity contribution in [1.29, 1.82) is 0 Å². The number of hydrogen-bond donors (Lipinski definition) is 2. The average Bonchev–Trinajstić information content (AvgIpc) is 2.53. The maximum absolute atomic E-state index is 10.5. The van der Waals surface area contributed by atoms with Crippen LogP contribution in [0.5, 0.6) is 5.88 Å². The van der Waals surface area contributed by atoms with Gasteiger partial charge in [0, 0.05) is 31.9 Å². The first-order chi connectivity index (χ1) is 10.5. The number of anilines is 1. The summed E-state index contributed by atoms with van der Waals surface area (Å²) in [4.78, 5) is 10.6. The molecule has 0 amide bonds. The van der Waals surface area contributed by atoms with Crippen LogP contribution in [0, 0.1) is 0 Å². The predicted octanol–water partition coefficient (Wildman–Crippen LogP) is 0.356. The van der Waals surface area contributed by atoms with Gasteiger partial charge in [0.25, 0.3) is 5.88 Å². The summed E-state index contributed by atoms with van der Waals surface area (Å²) < 4.78 is 11.1. The Bertz CT molecular complexity index is 529. The van der Waals surface area contributed by atoms with Crippen molar-refractivity contribution < 1.29 is 19.7 Å². The average molecular weight is 309 g/mol. The fraction of sp³-hybridized carbons (Fsp3) is 0.733. The summed E-state index contributed by atoms with van der Waals surface area (Å²) in [6.07, 6.45) is 4.07. The lowest BCUT2D eigenvalue weighted by Gasteiger charge is -2.51. The van der Waals surface area contributed by atoms with Crippen molar-refractivity contribution in [3.63, 3.8) is 0 Å². The molecule has 0 aliphatic carbocycles. The number of methoxy groups -OCH3 is 1. The Kier molecular flexibility index (Phi) is 3.96. The van der Waals surface area contributed by atoms with E-state index < -0.39 is 17.3 Å². The van der Waals surface area contributed by atoms with Gasteiger partial charge in [0.1, 0.15) is 11.7 Å². The van der Waals surface area contributed by atoms with Crippen LogP contribution in [0.1, 0.15) is 26.2 Å². The Morgan fingerprint density at radius 3 is 2.64 bits per heavy atom. The molecule has 1 spiro atoms. The molecule has 3 heterocycles. The van der Waals surface area contributed by atoms with Gasteiger partial charge in [-0.2, -0.15) is 0 Å². The molecular weight excluding hydrogens is 286 g/mol. The van der Waals surface area contributed by atoms with Crippen LogP contribution in [0.2, 0.25) is 0 Å². The van der Waals surface area contributed by atoms with Crippen LogP contribution in [-0.2, 0) is 4.74 Å². The number of aromatic nitrogens is 2. The quantitative estimate of drug-likeness (QED) is 0.815. The second kappa shape index (κ2) is 5.64. The van der Waals surface area contributed by atoms with Crippen molar-refractivity contribution in [1.82, 2.24) is 9.97 Å². The third kappa shape index (κ3) is 2.53. The molecule has 0 unspecified atom stereocenters. The third-order valence-corrected chi connectivity index (χ3v) is 4.83. The first-order valence-corrected chi connectivity index (χ1v) is 7.63. The summed E-state index contributed by atoms with van der Waals surface area (Å²) in [5.41, 5.74) is -1.77. The summed E-state index contributed by atoms with van der Waals surface area (Å²) in [6, 6.07) is 0. The zero-order chi connectivity index (χ0) is 15.8. The lowest BCUT2D eigenvalue weighted by molar-refractivity contribution is -0.239. The van der Waals surface area contributed by atoms with Crippen molar-refractivity contribution >= 4 is 5.82 Å². The first-order valence-electron chi connectivity index (χ1n) is 7.63. The van der Waals surface area contributed by atoms with Crippen molar-refractivity contribution in [2.24, 2.45) is 0 Å². The van der Waals surface area contributed by atoms with E-state index in [1.807, 2.05) is 0 Å². The van der Waals surface area contributed by atoms with E-state index in [1.165, 1.54) is 0 Å². The molecule has 2 saturated heterocycles. The Balaban J connectivity index is 1.75. The molecular formula is C15H23N3O4. The summed E-state index contributed by atoms with van der Waals surface area (Å²) >= 11 is 0. The summed E-state index contributed by atoms with van der Waals surface area (Å²) in [6.45, 7) is 3.49. The molecule has 0 aromatic carbocycles. The van der Waals surface area contributed by atoms with E-state index in [9.17, 15) is 10.2 Å². The van der Waals surface area contributed by atoms with Crippen LogP contribution >= 0.6 is 0 Å². The fourth-order valence-electron chi connectivity index (χ4n) is 3.44. The number of aliphatic hydroxyl groups is 2. The Morgan fingerprint density at radius 1 is 1.27 bits per heavy atom. The van der Waals surface area contributed by atoms with Crippen molar-refractivity contribution in [2.45, 2.75) is 43.5 Å². The van der Waals surface area contributed by atoms with Crippen LogP contribution in [0.3, 0.4) is 0 Å². The second-order valence-electron chi connectivity index (χ2n) is 6.30. The first kappa shape index (κ1) is 15.5. The van der Waals surface area contributed by atoms with Gasteiger partial charge in [0.2, 0.25) is 0 Å². The molecule has 0 saturated carbocycles. The maximum Gasteiger partial charge on any atom is 0.257 e. The zero-order valence-corrected chi connectivity index (χ0v) is 13.0.